The number of carboxylic acids is 1. The molecule has 1 aromatic rings. The number of aromatic hydroxyl groups is 1. The molecule has 3 nitrogen and oxygen atoms in total. The first-order chi connectivity index (χ1) is 10.5. The Labute approximate surface area is 153 Å². The summed E-state index contributed by atoms with van der Waals surface area (Å²) >= 11 is 0. The molecule has 1 rings (SSSR count). The monoisotopic (exact) mass is 370 g/mol. The van der Waals surface area contributed by atoms with E-state index in [2.05, 4.69) is 13.8 Å². The number of benzene rings is 1. The first kappa shape index (κ1) is 22.1. The van der Waals surface area contributed by atoms with Gasteiger partial charge in [0, 0.05) is 19.5 Å². The summed E-state index contributed by atoms with van der Waals surface area (Å²) in [4.78, 5) is 11.0. The summed E-state index contributed by atoms with van der Waals surface area (Å²) in [5.74, 6) is -0.321. The first-order valence-corrected chi connectivity index (χ1v) is 8.56. The smallest absolute Gasteiger partial charge is 0.339 e. The summed E-state index contributed by atoms with van der Waals surface area (Å²) in [6, 6.07) is 4.96. The Bertz CT molecular complexity index is 458. The van der Waals surface area contributed by atoms with Crippen molar-refractivity contribution < 1.29 is 34.5 Å². The maximum atomic E-state index is 11.0. The Hall–Kier alpha value is -0.887. The molecule has 0 unspecified atom stereocenters. The van der Waals surface area contributed by atoms with Gasteiger partial charge in [0.25, 0.3) is 0 Å². The Morgan fingerprint density at radius 1 is 1.00 bits per heavy atom. The number of aromatic carboxylic acids is 1. The van der Waals surface area contributed by atoms with E-state index in [1.807, 2.05) is 6.07 Å². The standard InChI is InChI=1S/C19H30O3.Zn/c1-15(2)11-8-6-4-3-5-7-9-12-16-13-10-14-17(18(16)20)19(21)22;/h10,13-15,20H,3-9,11-12H2,1-2H3,(H,21,22);. The molecule has 2 N–H and O–H groups in total. The van der Waals surface area contributed by atoms with Crippen molar-refractivity contribution in [3.8, 4) is 5.75 Å². The molecule has 0 radical (unpaired) electrons. The van der Waals surface area contributed by atoms with Gasteiger partial charge in [-0.1, -0.05) is 70.9 Å². The van der Waals surface area contributed by atoms with Crippen LogP contribution in [0.15, 0.2) is 18.2 Å². The Balaban J connectivity index is 0.00000484. The molecule has 0 aliphatic rings. The van der Waals surface area contributed by atoms with Crippen LogP contribution in [0.5, 0.6) is 5.75 Å². The average molecular weight is 372 g/mol. The second-order valence-corrected chi connectivity index (χ2v) is 6.53. The zero-order valence-corrected chi connectivity index (χ0v) is 17.7. The second-order valence-electron chi connectivity index (χ2n) is 6.53. The molecule has 0 fully saturated rings. The van der Waals surface area contributed by atoms with Crippen LogP contribution in [-0.2, 0) is 25.9 Å². The van der Waals surface area contributed by atoms with Gasteiger partial charge in [0.1, 0.15) is 11.3 Å². The molecule has 0 aliphatic heterocycles. The second kappa shape index (κ2) is 12.5. The van der Waals surface area contributed by atoms with Gasteiger partial charge < -0.3 is 10.2 Å². The van der Waals surface area contributed by atoms with E-state index in [1.165, 1.54) is 44.6 Å². The SMILES string of the molecule is CC(C)CCCCCCCCCc1cccc(C(=O)O)c1O.[Zn]. The van der Waals surface area contributed by atoms with E-state index in [0.29, 0.717) is 0 Å². The number of carbonyl (C=O) groups is 1. The van der Waals surface area contributed by atoms with Crippen LogP contribution in [-0.4, -0.2) is 16.2 Å². The molecule has 0 saturated heterocycles. The third-order valence-corrected chi connectivity index (χ3v) is 4.08. The molecule has 0 aromatic heterocycles. The maximum absolute atomic E-state index is 11.0. The zero-order chi connectivity index (χ0) is 16.4. The predicted molar refractivity (Wildman–Crippen MR) is 90.5 cm³/mol. The van der Waals surface area contributed by atoms with Gasteiger partial charge in [-0.2, -0.15) is 0 Å². The van der Waals surface area contributed by atoms with Gasteiger partial charge >= 0.3 is 5.97 Å². The minimum atomic E-state index is -1.07. The molecule has 0 heterocycles. The van der Waals surface area contributed by atoms with Gasteiger partial charge in [-0.15, -0.1) is 0 Å². The fraction of sp³-hybridized carbons (Fsp3) is 0.632. The number of para-hydroxylation sites is 1. The Kier molecular flexibility index (Phi) is 12.0. The number of aryl methyl sites for hydroxylation is 1. The molecule has 0 spiro atoms. The minimum absolute atomic E-state index is 0. The van der Waals surface area contributed by atoms with E-state index in [1.54, 1.807) is 6.07 Å². The van der Waals surface area contributed by atoms with E-state index in [9.17, 15) is 9.90 Å². The largest absolute Gasteiger partial charge is 0.507 e. The summed E-state index contributed by atoms with van der Waals surface area (Å²) in [5, 5.41) is 18.9. The van der Waals surface area contributed by atoms with Crippen LogP contribution >= 0.6 is 0 Å². The number of carboxylic acid groups (broad SMARTS) is 1. The molecule has 0 bridgehead atoms. The van der Waals surface area contributed by atoms with Crippen LogP contribution in [0.4, 0.5) is 0 Å². The van der Waals surface area contributed by atoms with Crippen LogP contribution in [0.25, 0.3) is 0 Å². The molecule has 4 heteroatoms. The summed E-state index contributed by atoms with van der Waals surface area (Å²) < 4.78 is 0. The number of rotatable bonds is 11. The first-order valence-electron chi connectivity index (χ1n) is 8.56. The van der Waals surface area contributed by atoms with Gasteiger partial charge in [0.05, 0.1) is 0 Å². The molecule has 0 amide bonds. The Morgan fingerprint density at radius 2 is 1.57 bits per heavy atom. The zero-order valence-electron chi connectivity index (χ0n) is 14.7. The maximum Gasteiger partial charge on any atom is 0.339 e. The summed E-state index contributed by atoms with van der Waals surface area (Å²) in [7, 11) is 0. The third kappa shape index (κ3) is 9.10. The van der Waals surface area contributed by atoms with Crippen molar-refractivity contribution in [1.29, 1.82) is 0 Å². The van der Waals surface area contributed by atoms with Crippen molar-refractivity contribution in [3.63, 3.8) is 0 Å². The molecule has 0 saturated carbocycles. The topological polar surface area (TPSA) is 57.5 Å². The van der Waals surface area contributed by atoms with Crippen molar-refractivity contribution in [2.45, 2.75) is 71.6 Å². The van der Waals surface area contributed by atoms with Gasteiger partial charge in [-0.25, -0.2) is 4.79 Å². The summed E-state index contributed by atoms with van der Waals surface area (Å²) in [6.45, 7) is 4.55. The quantitative estimate of drug-likeness (QED) is 0.404. The van der Waals surface area contributed by atoms with Crippen LogP contribution in [0.2, 0.25) is 0 Å². The van der Waals surface area contributed by atoms with Crippen molar-refractivity contribution >= 4 is 5.97 Å². The number of hydrogen-bond acceptors (Lipinski definition) is 2. The summed E-state index contributed by atoms with van der Waals surface area (Å²) in [5.41, 5.74) is 0.750. The van der Waals surface area contributed by atoms with Crippen LogP contribution in [0.1, 0.15) is 81.1 Å². The number of unbranched alkanes of at least 4 members (excludes halogenated alkanes) is 6. The third-order valence-electron chi connectivity index (χ3n) is 4.08. The van der Waals surface area contributed by atoms with Crippen LogP contribution in [0, 0.1) is 5.92 Å². The van der Waals surface area contributed by atoms with Crippen LogP contribution in [0.3, 0.4) is 0 Å². The fourth-order valence-corrected chi connectivity index (χ4v) is 2.72. The molecule has 23 heavy (non-hydrogen) atoms. The normalized spacial score (nSPS) is 10.6. The summed E-state index contributed by atoms with van der Waals surface area (Å²) in [6.07, 6.45) is 10.7. The van der Waals surface area contributed by atoms with E-state index in [0.717, 1.165) is 30.7 Å². The van der Waals surface area contributed by atoms with Crippen molar-refractivity contribution in [3.05, 3.63) is 29.3 Å². The average Bonchev–Trinajstić information content (AvgIpc) is 2.46. The van der Waals surface area contributed by atoms with Crippen LogP contribution < -0.4 is 0 Å². The molecule has 0 aliphatic carbocycles. The minimum Gasteiger partial charge on any atom is -0.507 e. The molecular formula is C19H30O3Zn. The van der Waals surface area contributed by atoms with Crippen molar-refractivity contribution in [2.24, 2.45) is 5.92 Å². The molecular weight excluding hydrogens is 342 g/mol. The van der Waals surface area contributed by atoms with Gasteiger partial charge in [-0.3, -0.25) is 0 Å². The van der Waals surface area contributed by atoms with E-state index >= 15 is 0 Å². The van der Waals surface area contributed by atoms with E-state index < -0.39 is 5.97 Å². The van der Waals surface area contributed by atoms with E-state index in [-0.39, 0.29) is 30.8 Å². The fourth-order valence-electron chi connectivity index (χ4n) is 2.72. The molecule has 0 atom stereocenters. The van der Waals surface area contributed by atoms with Crippen molar-refractivity contribution in [1.82, 2.24) is 0 Å². The van der Waals surface area contributed by atoms with Gasteiger partial charge in [0.2, 0.25) is 0 Å². The number of phenols is 1. The van der Waals surface area contributed by atoms with Gasteiger partial charge in [0.15, 0.2) is 0 Å². The molecule has 1 aromatic carbocycles. The van der Waals surface area contributed by atoms with Gasteiger partial charge in [-0.05, 0) is 30.4 Å². The molecule has 126 valence electrons. The predicted octanol–water partition coefficient (Wildman–Crippen LogP) is 5.41. The van der Waals surface area contributed by atoms with Crippen molar-refractivity contribution in [2.75, 3.05) is 0 Å². The van der Waals surface area contributed by atoms with E-state index in [4.69, 9.17) is 5.11 Å². The number of hydrogen-bond donors (Lipinski definition) is 2. The Morgan fingerprint density at radius 3 is 2.13 bits per heavy atom.